The second-order valence-corrected chi connectivity index (χ2v) is 13.1. The summed E-state index contributed by atoms with van der Waals surface area (Å²) in [5.41, 5.74) is 6.13. The van der Waals surface area contributed by atoms with Gasteiger partial charge in [-0.2, -0.15) is 0 Å². The fourth-order valence-electron chi connectivity index (χ4n) is 4.61. The van der Waals surface area contributed by atoms with Gasteiger partial charge < -0.3 is 16.0 Å². The number of carbonyl (C=O) groups excluding carboxylic acids is 2. The Morgan fingerprint density at radius 2 is 1.72 bits per heavy atom. The molecule has 2 amide bonds. The van der Waals surface area contributed by atoms with Gasteiger partial charge in [-0.15, -0.1) is 0 Å². The van der Waals surface area contributed by atoms with E-state index in [1.807, 2.05) is 37.3 Å². The summed E-state index contributed by atoms with van der Waals surface area (Å²) < 4.78 is 29.1. The van der Waals surface area contributed by atoms with Crippen LogP contribution < -0.4 is 15.8 Å². The minimum absolute atomic E-state index is 0.0730. The number of nitrogens with one attached hydrogen (secondary N) is 2. The van der Waals surface area contributed by atoms with Gasteiger partial charge in [-0.05, 0) is 82.7 Å². The van der Waals surface area contributed by atoms with Gasteiger partial charge in [0.25, 0.3) is 0 Å². The van der Waals surface area contributed by atoms with Gasteiger partial charge in [-0.25, -0.2) is 13.1 Å². The molecule has 0 fully saturated rings. The van der Waals surface area contributed by atoms with Crippen molar-refractivity contribution in [3.05, 3.63) is 76.3 Å². The van der Waals surface area contributed by atoms with Crippen LogP contribution in [0.5, 0.6) is 0 Å². The molecule has 0 unspecified atom stereocenters. The normalized spacial score (nSPS) is 17.1. The average molecular weight is 575 g/mol. The van der Waals surface area contributed by atoms with Gasteiger partial charge in [-0.1, -0.05) is 54.1 Å². The second kappa shape index (κ2) is 12.2. The first kappa shape index (κ1) is 30.8. The van der Waals surface area contributed by atoms with E-state index in [1.165, 1.54) is 0 Å². The lowest BCUT2D eigenvalue weighted by molar-refractivity contribution is -0.137. The van der Waals surface area contributed by atoms with E-state index in [0.29, 0.717) is 35.5 Å². The SMILES string of the molecule is CCN(CC1=C(c2ccc(Cl)cc2)S(=O)(=O)NC1(C)C)C(=O)[C@@H](CCCc1ccccc1)NC(=O)C(C)(C)N. The predicted octanol–water partition coefficient (Wildman–Crippen LogP) is 3.86. The molecule has 0 saturated heterocycles. The van der Waals surface area contributed by atoms with Crippen LogP contribution >= 0.6 is 11.6 Å². The third kappa shape index (κ3) is 7.69. The highest BCUT2D eigenvalue weighted by molar-refractivity contribution is 7.99. The highest BCUT2D eigenvalue weighted by Crippen LogP contribution is 2.38. The predicted molar refractivity (Wildman–Crippen MR) is 156 cm³/mol. The van der Waals surface area contributed by atoms with E-state index >= 15 is 0 Å². The summed E-state index contributed by atoms with van der Waals surface area (Å²) in [4.78, 5) is 28.4. The molecule has 2 aromatic carbocycles. The standard InChI is InChI=1S/C29H39ClN4O4S/c1-6-34(19-23-25(21-15-17-22(30)18-16-21)39(37,38)33-29(23,4)5)26(35)24(32-27(36)28(2,3)31)14-10-13-20-11-8-7-9-12-20/h7-9,11-12,15-18,24,33H,6,10,13-14,19,31H2,1-5H3,(H,32,36)/t24-/m1/s1. The van der Waals surface area contributed by atoms with Gasteiger partial charge >= 0.3 is 0 Å². The van der Waals surface area contributed by atoms with Crippen molar-refractivity contribution in [1.82, 2.24) is 14.9 Å². The Balaban J connectivity index is 1.92. The number of benzene rings is 2. The van der Waals surface area contributed by atoms with Crippen molar-refractivity contribution < 1.29 is 18.0 Å². The van der Waals surface area contributed by atoms with E-state index in [1.54, 1.807) is 56.9 Å². The molecule has 3 rings (SSSR count). The average Bonchev–Trinajstić information content (AvgIpc) is 3.04. The number of nitrogens with zero attached hydrogens (tertiary/aromatic N) is 1. The Hall–Kier alpha value is -2.72. The van der Waals surface area contributed by atoms with Crippen LogP contribution in [0.4, 0.5) is 0 Å². The van der Waals surface area contributed by atoms with E-state index in [-0.39, 0.29) is 17.4 Å². The molecule has 1 aliphatic heterocycles. The van der Waals surface area contributed by atoms with Crippen LogP contribution in [0.25, 0.3) is 4.91 Å². The van der Waals surface area contributed by atoms with Crippen LogP contribution in [0.3, 0.4) is 0 Å². The van der Waals surface area contributed by atoms with Crippen molar-refractivity contribution in [2.45, 2.75) is 71.0 Å². The number of aryl methyl sites for hydroxylation is 1. The Morgan fingerprint density at radius 1 is 1.10 bits per heavy atom. The quantitative estimate of drug-likeness (QED) is 0.376. The number of nitrogens with two attached hydrogens (primary N) is 1. The van der Waals surface area contributed by atoms with Crippen LogP contribution in [-0.2, 0) is 26.0 Å². The van der Waals surface area contributed by atoms with Gasteiger partial charge in [0.05, 0.1) is 16.0 Å². The van der Waals surface area contributed by atoms with Gasteiger partial charge in [0.1, 0.15) is 6.04 Å². The van der Waals surface area contributed by atoms with Crippen LogP contribution in [0.2, 0.25) is 5.02 Å². The molecule has 1 aliphatic rings. The molecule has 8 nitrogen and oxygen atoms in total. The molecule has 212 valence electrons. The maximum atomic E-state index is 13.9. The molecule has 2 aromatic rings. The smallest absolute Gasteiger partial charge is 0.245 e. The van der Waals surface area contributed by atoms with E-state index in [0.717, 1.165) is 12.0 Å². The number of hydrogen-bond acceptors (Lipinski definition) is 5. The van der Waals surface area contributed by atoms with Crippen LogP contribution in [0.15, 0.2) is 60.2 Å². The first-order chi connectivity index (χ1) is 18.2. The molecule has 0 bridgehead atoms. The second-order valence-electron chi connectivity index (χ2n) is 11.0. The lowest BCUT2D eigenvalue weighted by Crippen LogP contribution is -2.56. The molecule has 4 N–H and O–H groups in total. The zero-order valence-corrected chi connectivity index (χ0v) is 24.8. The third-order valence-electron chi connectivity index (χ3n) is 6.83. The lowest BCUT2D eigenvalue weighted by Gasteiger charge is -2.32. The molecule has 0 radical (unpaired) electrons. The molecule has 1 heterocycles. The molecular formula is C29H39ClN4O4S. The van der Waals surface area contributed by atoms with Crippen molar-refractivity contribution >= 4 is 38.3 Å². The Morgan fingerprint density at radius 3 is 2.28 bits per heavy atom. The summed E-state index contributed by atoms with van der Waals surface area (Å²) in [7, 11) is -3.83. The molecule has 0 aliphatic carbocycles. The molecular weight excluding hydrogens is 536 g/mol. The molecule has 39 heavy (non-hydrogen) atoms. The lowest BCUT2D eigenvalue weighted by atomic mass is 9.92. The molecule has 0 saturated carbocycles. The maximum Gasteiger partial charge on any atom is 0.245 e. The number of sulfonamides is 1. The van der Waals surface area contributed by atoms with Crippen molar-refractivity contribution in [2.24, 2.45) is 5.73 Å². The monoisotopic (exact) mass is 574 g/mol. The van der Waals surface area contributed by atoms with E-state index in [2.05, 4.69) is 10.0 Å². The zero-order valence-electron chi connectivity index (χ0n) is 23.3. The summed E-state index contributed by atoms with van der Waals surface area (Å²) >= 11 is 6.04. The zero-order chi connectivity index (χ0) is 29.0. The van der Waals surface area contributed by atoms with Crippen molar-refractivity contribution in [3.63, 3.8) is 0 Å². The summed E-state index contributed by atoms with van der Waals surface area (Å²) in [6.07, 6.45) is 1.83. The summed E-state index contributed by atoms with van der Waals surface area (Å²) in [5, 5.41) is 3.34. The summed E-state index contributed by atoms with van der Waals surface area (Å²) in [6.45, 7) is 8.96. The van der Waals surface area contributed by atoms with E-state index in [4.69, 9.17) is 17.3 Å². The molecule has 1 atom stereocenters. The van der Waals surface area contributed by atoms with Crippen LogP contribution in [0, 0.1) is 0 Å². The van der Waals surface area contributed by atoms with Gasteiger partial charge in [0.15, 0.2) is 0 Å². The molecule has 0 spiro atoms. The highest BCUT2D eigenvalue weighted by Gasteiger charge is 2.44. The number of rotatable bonds is 11. The molecule has 10 heteroatoms. The van der Waals surface area contributed by atoms with Crippen LogP contribution in [-0.4, -0.2) is 55.3 Å². The van der Waals surface area contributed by atoms with E-state index < -0.39 is 33.1 Å². The highest BCUT2D eigenvalue weighted by atomic mass is 35.5. The van der Waals surface area contributed by atoms with E-state index in [9.17, 15) is 18.0 Å². The Bertz CT molecular complexity index is 1320. The van der Waals surface area contributed by atoms with Gasteiger partial charge in [0, 0.05) is 18.1 Å². The first-order valence-corrected chi connectivity index (χ1v) is 15.0. The Labute approximate surface area is 237 Å². The van der Waals surface area contributed by atoms with Crippen molar-refractivity contribution in [2.75, 3.05) is 13.1 Å². The fraction of sp³-hybridized carbons (Fsp3) is 0.448. The number of amides is 2. The van der Waals surface area contributed by atoms with Crippen LogP contribution in [0.1, 0.15) is 58.6 Å². The largest absolute Gasteiger partial charge is 0.343 e. The summed E-state index contributed by atoms with van der Waals surface area (Å²) in [5.74, 6) is -0.714. The molecule has 0 aromatic heterocycles. The fourth-order valence-corrected chi connectivity index (χ4v) is 6.72. The maximum absolute atomic E-state index is 13.9. The van der Waals surface area contributed by atoms with Crippen molar-refractivity contribution in [1.29, 1.82) is 0 Å². The topological polar surface area (TPSA) is 122 Å². The minimum Gasteiger partial charge on any atom is -0.343 e. The number of halogens is 1. The third-order valence-corrected chi connectivity index (χ3v) is 8.88. The number of hydrogen-bond donors (Lipinski definition) is 3. The number of carbonyl (C=O) groups is 2. The van der Waals surface area contributed by atoms with Gasteiger partial charge in [0.2, 0.25) is 21.8 Å². The van der Waals surface area contributed by atoms with Gasteiger partial charge in [-0.3, -0.25) is 9.59 Å². The first-order valence-electron chi connectivity index (χ1n) is 13.1. The van der Waals surface area contributed by atoms with Crippen molar-refractivity contribution in [3.8, 4) is 0 Å². The number of likely N-dealkylation sites (N-methyl/N-ethyl adjacent to an activating group) is 1. The summed E-state index contributed by atoms with van der Waals surface area (Å²) in [6, 6.07) is 15.7. The minimum atomic E-state index is -3.83. The Kier molecular flexibility index (Phi) is 9.64.